The average molecular weight is 253 g/mol. The standard InChI is InChI=1S/C15H27NS/c1-5-9-16-10-8-12(2)6-7-15-11-13(3)17-14(15)4/h11-12,16H,5-10H2,1-4H3. The van der Waals surface area contributed by atoms with Crippen molar-refractivity contribution in [2.24, 2.45) is 5.92 Å². The summed E-state index contributed by atoms with van der Waals surface area (Å²) in [6.07, 6.45) is 5.12. The van der Waals surface area contributed by atoms with Crippen LogP contribution in [0.25, 0.3) is 0 Å². The zero-order valence-corrected chi connectivity index (χ0v) is 12.6. The second kappa shape index (κ2) is 7.88. The lowest BCUT2D eigenvalue weighted by Crippen LogP contribution is -2.18. The predicted octanol–water partition coefficient (Wildman–Crippen LogP) is 4.32. The van der Waals surface area contributed by atoms with Crippen LogP contribution in [0, 0.1) is 19.8 Å². The Balaban J connectivity index is 2.19. The van der Waals surface area contributed by atoms with Crippen molar-refractivity contribution in [3.05, 3.63) is 21.4 Å². The smallest absolute Gasteiger partial charge is 0.00490 e. The van der Waals surface area contributed by atoms with Gasteiger partial charge in [0, 0.05) is 9.75 Å². The summed E-state index contributed by atoms with van der Waals surface area (Å²) >= 11 is 1.93. The molecule has 98 valence electrons. The van der Waals surface area contributed by atoms with E-state index in [9.17, 15) is 0 Å². The van der Waals surface area contributed by atoms with Crippen LogP contribution in [0.4, 0.5) is 0 Å². The lowest BCUT2D eigenvalue weighted by Gasteiger charge is -2.11. The van der Waals surface area contributed by atoms with Crippen molar-refractivity contribution in [2.45, 2.75) is 53.4 Å². The topological polar surface area (TPSA) is 12.0 Å². The maximum absolute atomic E-state index is 3.48. The number of rotatable bonds is 8. The molecule has 1 aromatic heterocycles. The largest absolute Gasteiger partial charge is 0.317 e. The highest BCUT2D eigenvalue weighted by atomic mass is 32.1. The highest BCUT2D eigenvalue weighted by molar-refractivity contribution is 7.12. The van der Waals surface area contributed by atoms with E-state index in [1.54, 1.807) is 5.56 Å². The van der Waals surface area contributed by atoms with Gasteiger partial charge >= 0.3 is 0 Å². The van der Waals surface area contributed by atoms with Crippen LogP contribution in [0.2, 0.25) is 0 Å². The molecule has 1 unspecified atom stereocenters. The summed E-state index contributed by atoms with van der Waals surface area (Å²) in [4.78, 5) is 2.97. The Labute approximate surface area is 111 Å². The Morgan fingerprint density at radius 3 is 2.59 bits per heavy atom. The van der Waals surface area contributed by atoms with Crippen molar-refractivity contribution in [3.63, 3.8) is 0 Å². The lowest BCUT2D eigenvalue weighted by atomic mass is 9.98. The molecule has 0 fully saturated rings. The molecule has 2 heteroatoms. The van der Waals surface area contributed by atoms with Gasteiger partial charge in [-0.2, -0.15) is 0 Å². The molecule has 0 aliphatic rings. The first-order valence-corrected chi connectivity index (χ1v) is 7.71. The van der Waals surface area contributed by atoms with E-state index in [4.69, 9.17) is 0 Å². The number of hydrogen-bond acceptors (Lipinski definition) is 2. The first-order chi connectivity index (χ1) is 8.13. The summed E-state index contributed by atoms with van der Waals surface area (Å²) in [7, 11) is 0. The molecule has 0 amide bonds. The molecule has 1 rings (SSSR count). The van der Waals surface area contributed by atoms with Gasteiger partial charge in [0.15, 0.2) is 0 Å². The second-order valence-corrected chi connectivity index (χ2v) is 6.58. The molecule has 0 aliphatic carbocycles. The van der Waals surface area contributed by atoms with E-state index in [1.807, 2.05) is 11.3 Å². The molecular formula is C15H27NS. The van der Waals surface area contributed by atoms with Crippen LogP contribution < -0.4 is 5.32 Å². The van der Waals surface area contributed by atoms with E-state index in [0.717, 1.165) is 12.5 Å². The zero-order chi connectivity index (χ0) is 12.7. The van der Waals surface area contributed by atoms with Crippen LogP contribution in [0.1, 0.15) is 48.4 Å². The van der Waals surface area contributed by atoms with Crippen LogP contribution in [0.5, 0.6) is 0 Å². The van der Waals surface area contributed by atoms with E-state index in [-0.39, 0.29) is 0 Å². The third-order valence-electron chi connectivity index (χ3n) is 3.29. The van der Waals surface area contributed by atoms with Gasteiger partial charge in [-0.25, -0.2) is 0 Å². The minimum Gasteiger partial charge on any atom is -0.317 e. The molecule has 0 aromatic carbocycles. The molecule has 0 aliphatic heterocycles. The van der Waals surface area contributed by atoms with Gasteiger partial charge in [0.25, 0.3) is 0 Å². The molecule has 0 saturated carbocycles. The van der Waals surface area contributed by atoms with Gasteiger partial charge in [0.1, 0.15) is 0 Å². The van der Waals surface area contributed by atoms with Gasteiger partial charge < -0.3 is 5.32 Å². The molecule has 0 saturated heterocycles. The van der Waals surface area contributed by atoms with Gasteiger partial charge in [0.05, 0.1) is 0 Å². The molecule has 0 bridgehead atoms. The zero-order valence-electron chi connectivity index (χ0n) is 11.8. The summed E-state index contributed by atoms with van der Waals surface area (Å²) in [5, 5.41) is 3.48. The monoisotopic (exact) mass is 253 g/mol. The van der Waals surface area contributed by atoms with E-state index in [0.29, 0.717) is 0 Å². The first kappa shape index (κ1) is 14.7. The van der Waals surface area contributed by atoms with Gasteiger partial charge in [0.2, 0.25) is 0 Å². The SMILES string of the molecule is CCCNCCC(C)CCc1cc(C)sc1C. The predicted molar refractivity (Wildman–Crippen MR) is 79.1 cm³/mol. The average Bonchev–Trinajstić information content (AvgIpc) is 2.61. The van der Waals surface area contributed by atoms with Crippen molar-refractivity contribution in [1.82, 2.24) is 5.32 Å². The minimum atomic E-state index is 0.832. The Bertz CT molecular complexity index is 317. The quantitative estimate of drug-likeness (QED) is 0.680. The molecule has 1 atom stereocenters. The molecule has 17 heavy (non-hydrogen) atoms. The Kier molecular flexibility index (Phi) is 6.83. The van der Waals surface area contributed by atoms with Crippen molar-refractivity contribution in [1.29, 1.82) is 0 Å². The fourth-order valence-corrected chi connectivity index (χ4v) is 3.10. The number of hydrogen-bond donors (Lipinski definition) is 1. The Morgan fingerprint density at radius 1 is 1.24 bits per heavy atom. The summed E-state index contributed by atoms with van der Waals surface area (Å²) < 4.78 is 0. The number of thiophene rings is 1. The normalized spacial score (nSPS) is 12.9. The molecule has 0 spiro atoms. The highest BCUT2D eigenvalue weighted by Crippen LogP contribution is 2.23. The van der Waals surface area contributed by atoms with Gasteiger partial charge in [-0.1, -0.05) is 13.8 Å². The molecule has 1 heterocycles. The van der Waals surface area contributed by atoms with Gasteiger partial charge in [-0.15, -0.1) is 11.3 Å². The van der Waals surface area contributed by atoms with Gasteiger partial charge in [-0.05, 0) is 70.2 Å². The maximum atomic E-state index is 3.48. The Hall–Kier alpha value is -0.340. The van der Waals surface area contributed by atoms with E-state index in [2.05, 4.69) is 39.1 Å². The maximum Gasteiger partial charge on any atom is 0.00490 e. The third kappa shape index (κ3) is 5.69. The fraction of sp³-hybridized carbons (Fsp3) is 0.733. The fourth-order valence-electron chi connectivity index (χ4n) is 2.13. The van der Waals surface area contributed by atoms with Crippen molar-refractivity contribution < 1.29 is 0 Å². The van der Waals surface area contributed by atoms with E-state index >= 15 is 0 Å². The van der Waals surface area contributed by atoms with Crippen LogP contribution in [-0.4, -0.2) is 13.1 Å². The number of nitrogens with one attached hydrogen (secondary N) is 1. The highest BCUT2D eigenvalue weighted by Gasteiger charge is 2.06. The van der Waals surface area contributed by atoms with Crippen LogP contribution in [-0.2, 0) is 6.42 Å². The first-order valence-electron chi connectivity index (χ1n) is 6.90. The summed E-state index contributed by atoms with van der Waals surface area (Å²) in [6.45, 7) is 11.4. The van der Waals surface area contributed by atoms with Crippen molar-refractivity contribution in [2.75, 3.05) is 13.1 Å². The molecule has 1 nitrogen and oxygen atoms in total. The van der Waals surface area contributed by atoms with Crippen molar-refractivity contribution in [3.8, 4) is 0 Å². The molecule has 1 aromatic rings. The minimum absolute atomic E-state index is 0.832. The molecule has 1 N–H and O–H groups in total. The molecule has 0 radical (unpaired) electrons. The number of aryl methyl sites for hydroxylation is 3. The molecular weight excluding hydrogens is 226 g/mol. The van der Waals surface area contributed by atoms with Crippen LogP contribution in [0.3, 0.4) is 0 Å². The van der Waals surface area contributed by atoms with E-state index in [1.165, 1.54) is 42.0 Å². The van der Waals surface area contributed by atoms with E-state index < -0.39 is 0 Å². The second-order valence-electron chi connectivity index (χ2n) is 5.12. The summed E-state index contributed by atoms with van der Waals surface area (Å²) in [6, 6.07) is 2.36. The van der Waals surface area contributed by atoms with Crippen LogP contribution >= 0.6 is 11.3 Å². The lowest BCUT2D eigenvalue weighted by molar-refractivity contribution is 0.470. The summed E-state index contributed by atoms with van der Waals surface area (Å²) in [5.41, 5.74) is 1.57. The third-order valence-corrected chi connectivity index (χ3v) is 4.30. The van der Waals surface area contributed by atoms with Crippen molar-refractivity contribution >= 4 is 11.3 Å². The Morgan fingerprint density at radius 2 is 2.00 bits per heavy atom. The van der Waals surface area contributed by atoms with Gasteiger partial charge in [-0.3, -0.25) is 0 Å². The summed E-state index contributed by atoms with van der Waals surface area (Å²) in [5.74, 6) is 0.832. The van der Waals surface area contributed by atoms with Crippen LogP contribution in [0.15, 0.2) is 6.07 Å².